The van der Waals surface area contributed by atoms with Gasteiger partial charge in [-0.15, -0.1) is 0 Å². The number of aryl methyl sites for hydroxylation is 1. The Hall–Kier alpha value is -0.960. The summed E-state index contributed by atoms with van der Waals surface area (Å²) in [5.74, 6) is 0. The molecule has 0 spiro atoms. The minimum absolute atomic E-state index is 0.586. The molecule has 0 N–H and O–H groups in total. The monoisotopic (exact) mass is 309 g/mol. The van der Waals surface area contributed by atoms with Gasteiger partial charge in [0.25, 0.3) is 0 Å². The van der Waals surface area contributed by atoms with Gasteiger partial charge in [-0.25, -0.2) is 0 Å². The highest BCUT2D eigenvalue weighted by Crippen LogP contribution is 2.23. The van der Waals surface area contributed by atoms with Crippen LogP contribution in [0, 0.1) is 0 Å². The van der Waals surface area contributed by atoms with Crippen molar-refractivity contribution in [2.24, 2.45) is 0 Å². The lowest BCUT2D eigenvalue weighted by Gasteiger charge is -2.05. The maximum atomic E-state index is 5.99. The summed E-state index contributed by atoms with van der Waals surface area (Å²) in [5.41, 5.74) is 2.31. The van der Waals surface area contributed by atoms with Crippen LogP contribution in [0.3, 0.4) is 0 Å². The third kappa shape index (κ3) is 4.57. The molecular weight excluding hydrogens is 297 g/mol. The van der Waals surface area contributed by atoms with Crippen LogP contribution in [0.2, 0.25) is 10.0 Å². The first kappa shape index (κ1) is 14.4. The van der Waals surface area contributed by atoms with Crippen molar-refractivity contribution in [2.45, 2.75) is 19.3 Å². The number of pyridine rings is 1. The van der Waals surface area contributed by atoms with Gasteiger partial charge in [0.2, 0.25) is 0 Å². The van der Waals surface area contributed by atoms with Gasteiger partial charge in [-0.3, -0.25) is 4.98 Å². The van der Waals surface area contributed by atoms with Crippen LogP contribution < -0.4 is 0 Å². The molecule has 4 heteroatoms. The number of halogens is 2. The average molecular weight is 310 g/mol. The molecule has 0 saturated heterocycles. The lowest BCUT2D eigenvalue weighted by atomic mass is 10.0. The minimum atomic E-state index is 0.586. The lowest BCUT2D eigenvalue weighted by molar-refractivity contribution is 1.03. The molecule has 1 heterocycles. The van der Waals surface area contributed by atoms with E-state index in [4.69, 9.17) is 35.4 Å². The van der Waals surface area contributed by atoms with E-state index in [0.717, 1.165) is 35.3 Å². The van der Waals surface area contributed by atoms with Gasteiger partial charge in [0.15, 0.2) is 0 Å². The predicted molar refractivity (Wildman–Crippen MR) is 85.3 cm³/mol. The van der Waals surface area contributed by atoms with Gasteiger partial charge >= 0.3 is 0 Å². The largest absolute Gasteiger partial charge is 0.264 e. The summed E-state index contributed by atoms with van der Waals surface area (Å²) in [4.78, 5) is 5.11. The molecule has 0 saturated carbocycles. The molecule has 0 bridgehead atoms. The second-order valence-corrected chi connectivity index (χ2v) is 5.72. The molecule has 1 aromatic heterocycles. The Balaban J connectivity index is 1.88. The van der Waals surface area contributed by atoms with Gasteiger partial charge in [0, 0.05) is 18.8 Å². The summed E-state index contributed by atoms with van der Waals surface area (Å²) in [7, 11) is 0. The Labute approximate surface area is 128 Å². The van der Waals surface area contributed by atoms with Crippen molar-refractivity contribution < 1.29 is 0 Å². The zero-order valence-corrected chi connectivity index (χ0v) is 12.6. The Morgan fingerprint density at radius 3 is 2.63 bits per heavy atom. The molecule has 1 aromatic carbocycles. The fraction of sp³-hybridized carbons (Fsp3) is 0.200. The second-order valence-electron chi connectivity index (χ2n) is 4.33. The van der Waals surface area contributed by atoms with Crippen LogP contribution in [0.25, 0.3) is 0 Å². The molecule has 19 heavy (non-hydrogen) atoms. The van der Waals surface area contributed by atoms with Crippen molar-refractivity contribution in [3.63, 3.8) is 0 Å². The van der Waals surface area contributed by atoms with Crippen molar-refractivity contribution >= 4 is 40.3 Å². The Kier molecular flexibility index (Phi) is 5.32. The standard InChI is InChI=1S/C15H13Cl2NS/c16-14-6-4-11(9-15(14)17)3-5-13(19)8-12-2-1-7-18-10-12/h1-2,4,6-7,9-10H,3,5,8H2. The van der Waals surface area contributed by atoms with Crippen LogP contribution in [0.1, 0.15) is 17.5 Å². The highest BCUT2D eigenvalue weighted by molar-refractivity contribution is 7.80. The summed E-state index contributed by atoms with van der Waals surface area (Å²) in [6, 6.07) is 9.68. The summed E-state index contributed by atoms with van der Waals surface area (Å²) in [5, 5.41) is 1.18. The van der Waals surface area contributed by atoms with Gasteiger partial charge < -0.3 is 0 Å². The first-order chi connectivity index (χ1) is 9.15. The molecule has 0 aliphatic carbocycles. The first-order valence-electron chi connectivity index (χ1n) is 5.99. The topological polar surface area (TPSA) is 12.9 Å². The molecular formula is C15H13Cl2NS. The zero-order valence-electron chi connectivity index (χ0n) is 10.3. The third-order valence-corrected chi connectivity index (χ3v) is 3.89. The minimum Gasteiger partial charge on any atom is -0.264 e. The average Bonchev–Trinajstić information content (AvgIpc) is 2.41. The van der Waals surface area contributed by atoms with Gasteiger partial charge in [-0.2, -0.15) is 0 Å². The second kappa shape index (κ2) is 6.99. The van der Waals surface area contributed by atoms with E-state index in [1.165, 1.54) is 0 Å². The fourth-order valence-electron chi connectivity index (χ4n) is 1.80. The Morgan fingerprint density at radius 1 is 1.11 bits per heavy atom. The zero-order chi connectivity index (χ0) is 13.7. The highest BCUT2D eigenvalue weighted by Gasteiger charge is 2.03. The van der Waals surface area contributed by atoms with E-state index in [0.29, 0.717) is 10.0 Å². The highest BCUT2D eigenvalue weighted by atomic mass is 35.5. The molecule has 0 aliphatic heterocycles. The van der Waals surface area contributed by atoms with E-state index in [2.05, 4.69) is 4.98 Å². The van der Waals surface area contributed by atoms with Crippen molar-refractivity contribution in [1.29, 1.82) is 0 Å². The Bertz CT molecular complexity index is 570. The molecule has 0 atom stereocenters. The van der Waals surface area contributed by atoms with E-state index in [-0.39, 0.29) is 0 Å². The summed E-state index contributed by atoms with van der Waals surface area (Å²) < 4.78 is 0. The lowest BCUT2D eigenvalue weighted by Crippen LogP contribution is -2.02. The van der Waals surface area contributed by atoms with Crippen molar-refractivity contribution in [2.75, 3.05) is 0 Å². The van der Waals surface area contributed by atoms with Gasteiger partial charge in [-0.1, -0.05) is 47.6 Å². The molecule has 0 unspecified atom stereocenters. The van der Waals surface area contributed by atoms with E-state index >= 15 is 0 Å². The maximum absolute atomic E-state index is 5.99. The SMILES string of the molecule is S=C(CCc1ccc(Cl)c(Cl)c1)Cc1cccnc1. The number of aromatic nitrogens is 1. The smallest absolute Gasteiger partial charge is 0.0595 e. The predicted octanol–water partition coefficient (Wildman–Crippen LogP) is 4.93. The molecule has 0 aliphatic rings. The van der Waals surface area contributed by atoms with Crippen molar-refractivity contribution in [3.8, 4) is 0 Å². The number of benzene rings is 1. The number of nitrogens with zero attached hydrogens (tertiary/aromatic N) is 1. The van der Waals surface area contributed by atoms with Crippen molar-refractivity contribution in [3.05, 3.63) is 63.9 Å². The molecule has 0 radical (unpaired) electrons. The summed E-state index contributed by atoms with van der Waals surface area (Å²) >= 11 is 17.3. The van der Waals surface area contributed by atoms with E-state index < -0.39 is 0 Å². The molecule has 0 fully saturated rings. The number of hydrogen-bond acceptors (Lipinski definition) is 2. The van der Waals surface area contributed by atoms with Crippen molar-refractivity contribution in [1.82, 2.24) is 4.98 Å². The summed E-state index contributed by atoms with van der Waals surface area (Å²) in [6.45, 7) is 0. The van der Waals surface area contributed by atoms with Gasteiger partial charge in [0.1, 0.15) is 0 Å². The van der Waals surface area contributed by atoms with Crippen LogP contribution in [-0.2, 0) is 12.8 Å². The number of hydrogen-bond donors (Lipinski definition) is 0. The number of rotatable bonds is 5. The van der Waals surface area contributed by atoms with Gasteiger partial charge in [-0.05, 0) is 47.0 Å². The van der Waals surface area contributed by atoms with Crippen LogP contribution in [0.15, 0.2) is 42.7 Å². The van der Waals surface area contributed by atoms with Crippen LogP contribution >= 0.6 is 35.4 Å². The fourth-order valence-corrected chi connectivity index (χ4v) is 2.39. The Morgan fingerprint density at radius 2 is 1.95 bits per heavy atom. The van der Waals surface area contributed by atoms with Crippen LogP contribution in [0.4, 0.5) is 0 Å². The quantitative estimate of drug-likeness (QED) is 0.726. The van der Waals surface area contributed by atoms with E-state index in [1.807, 2.05) is 36.5 Å². The normalized spacial score (nSPS) is 10.4. The molecule has 98 valence electrons. The molecule has 2 rings (SSSR count). The summed E-state index contributed by atoms with van der Waals surface area (Å²) in [6.07, 6.45) is 6.16. The molecule has 0 amide bonds. The molecule has 2 aromatic rings. The van der Waals surface area contributed by atoms with Gasteiger partial charge in [0.05, 0.1) is 10.0 Å². The molecule has 1 nitrogen and oxygen atoms in total. The third-order valence-electron chi connectivity index (χ3n) is 2.80. The number of thiocarbonyl (C=S) groups is 1. The van der Waals surface area contributed by atoms with E-state index in [1.54, 1.807) is 6.20 Å². The van der Waals surface area contributed by atoms with Crippen LogP contribution in [0.5, 0.6) is 0 Å². The maximum Gasteiger partial charge on any atom is 0.0595 e. The van der Waals surface area contributed by atoms with E-state index in [9.17, 15) is 0 Å². The first-order valence-corrected chi connectivity index (χ1v) is 7.16. The van der Waals surface area contributed by atoms with Crippen LogP contribution in [-0.4, -0.2) is 9.85 Å².